The molecule has 6 aromatic rings. The lowest BCUT2D eigenvalue weighted by Gasteiger charge is -2.38. The number of likely N-dealkylation sites (tertiary alicyclic amines) is 3. The highest BCUT2D eigenvalue weighted by atomic mass is 19.4. The maximum Gasteiger partial charge on any atom is 0.418 e. The Bertz CT molecular complexity index is 3280. The topological polar surface area (TPSA) is 144 Å². The SMILES string of the molecule is CN1CCC(N)CC1.C[C@H]1C[C@@H](CC(=O)CC2CCN(C)CC2)CN(c2ccc(C(F)(F)F)c3ncccc23)C1.C[C@H]1C[C@@H](CC(=O)CC2CCN(C)CC2)CN(c2ccc(C(F)(F)F)c3ncccc23)C1.C[C@H]1C[C@@H](N)CN(c2ccc(C(F)(F)F)c3ncccc23)C1. The lowest BCUT2D eigenvalue weighted by Crippen LogP contribution is -2.46. The molecule has 22 heteroatoms. The molecule has 6 atom stereocenters. The van der Waals surface area contributed by atoms with E-state index in [9.17, 15) is 49.1 Å². The first-order chi connectivity index (χ1) is 44.6. The number of benzene rings is 3. The van der Waals surface area contributed by atoms with Crippen LogP contribution in [0.15, 0.2) is 91.4 Å². The summed E-state index contributed by atoms with van der Waals surface area (Å²) in [7, 11) is 6.39. The molecule has 6 aliphatic heterocycles. The molecule has 514 valence electrons. The quantitative estimate of drug-likeness (QED) is 0.119. The average Bonchev–Trinajstić information content (AvgIpc) is 0.796. The van der Waals surface area contributed by atoms with Gasteiger partial charge < -0.3 is 40.9 Å². The first kappa shape index (κ1) is 72.1. The molecule has 0 unspecified atom stereocenters. The molecule has 4 N–H and O–H groups in total. The molecule has 9 heterocycles. The number of rotatable bonds is 11. The van der Waals surface area contributed by atoms with Gasteiger partial charge in [0, 0.05) is 129 Å². The standard InChI is InChI=1S/2C25H32F3N3O.C16H18F3N3.C6H14N2/c2*1-17-12-19(14-20(32)13-18-7-10-30(2)11-8-18)16-31(15-17)23-6-5-22(25(26,27)28)24-21(23)4-3-9-29-24;1-10-7-11(20)9-22(8-10)14-5-4-13(16(17,18)19)15-12(14)3-2-6-21-15;1-8-4-2-6(7)3-5-8/h2*3-6,9,17-19H,7-8,10-16H2,1-2H3;2-6,10-11H,7-9,20H2,1H3;6H,2-5,7H2,1H3/t2*17-,19-;10-,11+;/m000./s1. The fraction of sp³-hybridized carbons (Fsp3) is 0.597. The van der Waals surface area contributed by atoms with Crippen molar-refractivity contribution in [1.29, 1.82) is 0 Å². The molecule has 13 nitrogen and oxygen atoms in total. The molecule has 0 spiro atoms. The zero-order chi connectivity index (χ0) is 67.6. The lowest BCUT2D eigenvalue weighted by atomic mass is 9.83. The number of aromatic nitrogens is 3. The van der Waals surface area contributed by atoms with Crippen molar-refractivity contribution in [3.63, 3.8) is 0 Å². The van der Waals surface area contributed by atoms with Crippen molar-refractivity contribution in [1.82, 2.24) is 29.7 Å². The summed E-state index contributed by atoms with van der Waals surface area (Å²) >= 11 is 0. The van der Waals surface area contributed by atoms with E-state index in [0.29, 0.717) is 109 Å². The highest BCUT2D eigenvalue weighted by molar-refractivity contribution is 5.96. The molecular formula is C72H96F9N11O2. The van der Waals surface area contributed by atoms with E-state index in [0.717, 1.165) is 126 Å². The second kappa shape index (κ2) is 31.8. The van der Waals surface area contributed by atoms with Crippen LogP contribution in [0.5, 0.6) is 0 Å². The van der Waals surface area contributed by atoms with Gasteiger partial charge >= 0.3 is 18.5 Å². The molecule has 3 aromatic carbocycles. The van der Waals surface area contributed by atoms with Crippen LogP contribution in [0.3, 0.4) is 0 Å². The van der Waals surface area contributed by atoms with Crippen LogP contribution in [0.25, 0.3) is 32.7 Å². The monoisotopic (exact) mass is 1320 g/mol. The van der Waals surface area contributed by atoms with E-state index in [4.69, 9.17) is 11.5 Å². The number of pyridine rings is 3. The lowest BCUT2D eigenvalue weighted by molar-refractivity contribution is -0.137. The molecule has 6 fully saturated rings. The molecule has 3 aromatic heterocycles. The van der Waals surface area contributed by atoms with Crippen LogP contribution in [0, 0.1) is 41.4 Å². The van der Waals surface area contributed by atoms with Gasteiger partial charge in [-0.25, -0.2) is 0 Å². The molecule has 12 rings (SSSR count). The molecule has 0 bridgehead atoms. The van der Waals surface area contributed by atoms with Crippen LogP contribution < -0.4 is 26.2 Å². The Labute approximate surface area is 548 Å². The summed E-state index contributed by atoms with van der Waals surface area (Å²) in [5.41, 5.74) is 11.9. The van der Waals surface area contributed by atoms with Gasteiger partial charge in [-0.1, -0.05) is 20.8 Å². The van der Waals surface area contributed by atoms with Gasteiger partial charge in [0.2, 0.25) is 0 Å². The number of Topliss-reactive ketones (excluding diaryl/α,β-unsaturated/α-hetero) is 2. The van der Waals surface area contributed by atoms with Crippen LogP contribution in [-0.4, -0.2) is 153 Å². The van der Waals surface area contributed by atoms with Gasteiger partial charge in [-0.2, -0.15) is 39.5 Å². The summed E-state index contributed by atoms with van der Waals surface area (Å²) in [4.78, 5) is 51.0. The minimum absolute atomic E-state index is 0.000650. The Balaban J connectivity index is 0.000000159. The number of carbonyl (C=O) groups is 2. The third-order valence-corrected chi connectivity index (χ3v) is 19.9. The Hall–Kier alpha value is -6.20. The van der Waals surface area contributed by atoms with E-state index in [1.54, 1.807) is 48.5 Å². The van der Waals surface area contributed by atoms with Crippen molar-refractivity contribution in [2.75, 3.05) is 114 Å². The maximum atomic E-state index is 13.5. The molecule has 0 amide bonds. The Morgan fingerprint density at radius 3 is 1.01 bits per heavy atom. The second-order valence-electron chi connectivity index (χ2n) is 28.3. The first-order valence-corrected chi connectivity index (χ1v) is 33.8. The average molecular weight is 1320 g/mol. The van der Waals surface area contributed by atoms with E-state index < -0.39 is 35.2 Å². The molecule has 0 aliphatic carbocycles. The van der Waals surface area contributed by atoms with E-state index in [2.05, 4.69) is 86.3 Å². The van der Waals surface area contributed by atoms with Gasteiger partial charge in [-0.3, -0.25) is 24.5 Å². The summed E-state index contributed by atoms with van der Waals surface area (Å²) < 4.78 is 120. The number of halogens is 9. The van der Waals surface area contributed by atoms with Crippen LogP contribution in [0.2, 0.25) is 0 Å². The van der Waals surface area contributed by atoms with E-state index in [1.807, 2.05) is 0 Å². The predicted molar refractivity (Wildman–Crippen MR) is 357 cm³/mol. The van der Waals surface area contributed by atoms with Gasteiger partial charge in [-0.05, 0) is 232 Å². The van der Waals surface area contributed by atoms with Crippen LogP contribution in [0.1, 0.15) is 121 Å². The van der Waals surface area contributed by atoms with E-state index in [-0.39, 0.29) is 34.4 Å². The Morgan fingerprint density at radius 2 is 0.702 bits per heavy atom. The number of carbonyl (C=O) groups excluding carboxylic acids is 2. The Kier molecular flexibility index (Phi) is 24.4. The number of fused-ring (bicyclic) bond motifs is 3. The van der Waals surface area contributed by atoms with Crippen molar-refractivity contribution in [3.05, 3.63) is 108 Å². The third-order valence-electron chi connectivity index (χ3n) is 19.9. The number of ketones is 2. The zero-order valence-corrected chi connectivity index (χ0v) is 55.4. The second-order valence-corrected chi connectivity index (χ2v) is 28.3. The summed E-state index contributed by atoms with van der Waals surface area (Å²) in [6, 6.07) is 18.8. The van der Waals surface area contributed by atoms with Crippen LogP contribution in [0.4, 0.5) is 56.6 Å². The fourth-order valence-electron chi connectivity index (χ4n) is 15.2. The zero-order valence-electron chi connectivity index (χ0n) is 55.4. The maximum absolute atomic E-state index is 13.5. The van der Waals surface area contributed by atoms with Crippen molar-refractivity contribution in [3.8, 4) is 0 Å². The number of alkyl halides is 9. The molecular weight excluding hydrogens is 1220 g/mol. The fourth-order valence-corrected chi connectivity index (χ4v) is 15.2. The van der Waals surface area contributed by atoms with E-state index >= 15 is 0 Å². The van der Waals surface area contributed by atoms with Gasteiger partial charge in [0.15, 0.2) is 0 Å². The smallest absolute Gasteiger partial charge is 0.370 e. The largest absolute Gasteiger partial charge is 0.418 e. The number of piperidine rings is 6. The number of nitrogens with zero attached hydrogens (tertiary/aromatic N) is 9. The van der Waals surface area contributed by atoms with Crippen molar-refractivity contribution < 1.29 is 49.1 Å². The Morgan fingerprint density at radius 1 is 0.404 bits per heavy atom. The summed E-state index contributed by atoms with van der Waals surface area (Å²) in [6.07, 6.45) is 2.94. The first-order valence-electron chi connectivity index (χ1n) is 33.8. The van der Waals surface area contributed by atoms with E-state index in [1.165, 1.54) is 50.6 Å². The minimum atomic E-state index is -4.44. The molecule has 6 aliphatic rings. The van der Waals surface area contributed by atoms with Crippen molar-refractivity contribution in [2.45, 2.75) is 135 Å². The highest BCUT2D eigenvalue weighted by Crippen LogP contribution is 2.43. The number of anilines is 3. The summed E-state index contributed by atoms with van der Waals surface area (Å²) in [5, 5.41) is 1.57. The molecule has 0 saturated carbocycles. The minimum Gasteiger partial charge on any atom is -0.370 e. The molecule has 6 saturated heterocycles. The van der Waals surface area contributed by atoms with Gasteiger partial charge in [0.05, 0.1) is 33.2 Å². The number of hydrogen-bond donors (Lipinski definition) is 2. The summed E-state index contributed by atoms with van der Waals surface area (Å²) in [6.45, 7) is 17.4. The third kappa shape index (κ3) is 19.5. The van der Waals surface area contributed by atoms with Gasteiger partial charge in [0.25, 0.3) is 0 Å². The van der Waals surface area contributed by atoms with Crippen LogP contribution in [-0.2, 0) is 28.1 Å². The van der Waals surface area contributed by atoms with Gasteiger partial charge in [0.1, 0.15) is 11.6 Å². The van der Waals surface area contributed by atoms with Crippen LogP contribution >= 0.6 is 0 Å². The van der Waals surface area contributed by atoms with Gasteiger partial charge in [-0.15, -0.1) is 0 Å². The van der Waals surface area contributed by atoms with Crippen molar-refractivity contribution >= 4 is 61.3 Å². The number of hydrogen-bond acceptors (Lipinski definition) is 13. The molecule has 94 heavy (non-hydrogen) atoms. The van der Waals surface area contributed by atoms with Crippen molar-refractivity contribution in [2.24, 2.45) is 52.9 Å². The molecule has 0 radical (unpaired) electrons. The normalized spacial score (nSPS) is 23.7. The number of nitrogens with two attached hydrogens (primary N) is 2. The predicted octanol–water partition coefficient (Wildman–Crippen LogP) is 14.3. The highest BCUT2D eigenvalue weighted by Gasteiger charge is 2.39. The summed E-state index contributed by atoms with van der Waals surface area (Å²) in [5.74, 6) is 3.25.